The zero-order chi connectivity index (χ0) is 18.3. The largest absolute Gasteiger partial charge is 0.483 e. The van der Waals surface area contributed by atoms with Gasteiger partial charge in [0.2, 0.25) is 5.82 Å². The molecule has 1 heterocycles. The first kappa shape index (κ1) is 16.5. The minimum absolute atomic E-state index is 0.135. The fourth-order valence-corrected chi connectivity index (χ4v) is 3.62. The van der Waals surface area contributed by atoms with Crippen LogP contribution in [0.1, 0.15) is 52.2 Å². The van der Waals surface area contributed by atoms with E-state index in [0.29, 0.717) is 29.4 Å². The summed E-state index contributed by atoms with van der Waals surface area (Å²) in [5.74, 6) is 1.89. The third-order valence-corrected chi connectivity index (χ3v) is 4.89. The molecule has 0 N–H and O–H groups in total. The molecule has 1 atom stereocenters. The molecule has 0 amide bonds. The maximum Gasteiger partial charge on any atom is 0.264 e. The molecule has 1 aliphatic carbocycles. The fraction of sp³-hybridized carbons (Fsp3) is 0.286. The van der Waals surface area contributed by atoms with E-state index in [4.69, 9.17) is 9.26 Å². The minimum Gasteiger partial charge on any atom is -0.483 e. The van der Waals surface area contributed by atoms with Gasteiger partial charge >= 0.3 is 0 Å². The molecule has 5 nitrogen and oxygen atoms in total. The van der Waals surface area contributed by atoms with Gasteiger partial charge in [-0.2, -0.15) is 4.98 Å². The number of rotatable bonds is 4. The summed E-state index contributed by atoms with van der Waals surface area (Å²) in [7, 11) is 0. The Morgan fingerprint density at radius 1 is 1.15 bits per heavy atom. The SMILES string of the molecule is Cc1ccccc1-c1noc(COc2ccc(C)c3c2C(=O)CC3C)n1. The molecular formula is C21H20N2O3. The number of benzene rings is 2. The number of carbonyl (C=O) groups is 1. The minimum atomic E-state index is 0.135. The molecule has 0 radical (unpaired) electrons. The van der Waals surface area contributed by atoms with Gasteiger partial charge in [-0.25, -0.2) is 0 Å². The monoisotopic (exact) mass is 348 g/mol. The number of aryl methyl sites for hydroxylation is 2. The summed E-state index contributed by atoms with van der Waals surface area (Å²) in [6, 6.07) is 11.7. The third kappa shape index (κ3) is 2.79. The molecule has 0 saturated heterocycles. The molecule has 3 aromatic rings. The summed E-state index contributed by atoms with van der Waals surface area (Å²) < 4.78 is 11.2. The third-order valence-electron chi connectivity index (χ3n) is 4.89. The van der Waals surface area contributed by atoms with E-state index in [1.54, 1.807) is 0 Å². The topological polar surface area (TPSA) is 65.2 Å². The van der Waals surface area contributed by atoms with E-state index in [1.165, 1.54) is 0 Å². The molecule has 4 rings (SSSR count). The molecule has 1 aromatic heterocycles. The van der Waals surface area contributed by atoms with Gasteiger partial charge in [-0.05, 0) is 42.5 Å². The number of ether oxygens (including phenoxy) is 1. The van der Waals surface area contributed by atoms with Crippen LogP contribution in [0.3, 0.4) is 0 Å². The highest BCUT2D eigenvalue weighted by Crippen LogP contribution is 2.40. The Morgan fingerprint density at radius 2 is 1.96 bits per heavy atom. The Balaban J connectivity index is 1.57. The van der Waals surface area contributed by atoms with Crippen LogP contribution in [0.4, 0.5) is 0 Å². The van der Waals surface area contributed by atoms with Gasteiger partial charge in [-0.3, -0.25) is 4.79 Å². The van der Waals surface area contributed by atoms with Crippen LogP contribution in [-0.2, 0) is 6.61 Å². The molecule has 0 saturated carbocycles. The van der Waals surface area contributed by atoms with E-state index in [0.717, 1.165) is 22.3 Å². The number of aromatic nitrogens is 2. The number of fused-ring (bicyclic) bond motifs is 1. The van der Waals surface area contributed by atoms with Gasteiger partial charge in [0.25, 0.3) is 5.89 Å². The Morgan fingerprint density at radius 3 is 2.77 bits per heavy atom. The van der Waals surface area contributed by atoms with Crippen molar-refractivity contribution in [2.45, 2.75) is 39.7 Å². The normalized spacial score (nSPS) is 16.0. The lowest BCUT2D eigenvalue weighted by Crippen LogP contribution is -2.02. The highest BCUT2D eigenvalue weighted by molar-refractivity contribution is 6.04. The highest BCUT2D eigenvalue weighted by Gasteiger charge is 2.31. The molecule has 0 aliphatic heterocycles. The first-order valence-electron chi connectivity index (χ1n) is 8.72. The molecule has 0 fully saturated rings. The lowest BCUT2D eigenvalue weighted by Gasteiger charge is -2.12. The van der Waals surface area contributed by atoms with E-state index in [9.17, 15) is 4.79 Å². The Kier molecular flexibility index (Phi) is 4.07. The van der Waals surface area contributed by atoms with Crippen LogP contribution in [0.2, 0.25) is 0 Å². The predicted molar refractivity (Wildman–Crippen MR) is 97.3 cm³/mol. The average molecular weight is 348 g/mol. The van der Waals surface area contributed by atoms with Crippen LogP contribution in [0, 0.1) is 13.8 Å². The fourth-order valence-electron chi connectivity index (χ4n) is 3.62. The number of Topliss-reactive ketones (excluding diaryl/α,β-unsaturated/α-hetero) is 1. The lowest BCUT2D eigenvalue weighted by molar-refractivity contribution is 0.0985. The molecule has 1 aliphatic rings. The lowest BCUT2D eigenvalue weighted by atomic mass is 9.97. The van der Waals surface area contributed by atoms with Crippen LogP contribution < -0.4 is 4.74 Å². The molecule has 26 heavy (non-hydrogen) atoms. The van der Waals surface area contributed by atoms with Gasteiger partial charge in [0.15, 0.2) is 12.4 Å². The second kappa shape index (κ2) is 6.41. The summed E-state index contributed by atoms with van der Waals surface area (Å²) in [6.07, 6.45) is 0.536. The van der Waals surface area contributed by atoms with E-state index in [-0.39, 0.29) is 18.3 Å². The molecule has 132 valence electrons. The van der Waals surface area contributed by atoms with Gasteiger partial charge in [0.1, 0.15) is 5.75 Å². The van der Waals surface area contributed by atoms with Crippen molar-refractivity contribution in [3.05, 3.63) is 64.5 Å². The number of hydrogen-bond acceptors (Lipinski definition) is 5. The zero-order valence-electron chi connectivity index (χ0n) is 15.1. The second-order valence-electron chi connectivity index (χ2n) is 6.81. The van der Waals surface area contributed by atoms with E-state index in [2.05, 4.69) is 17.1 Å². The molecule has 2 aromatic carbocycles. The van der Waals surface area contributed by atoms with Gasteiger partial charge < -0.3 is 9.26 Å². The van der Waals surface area contributed by atoms with Crippen LogP contribution in [0.5, 0.6) is 5.75 Å². The summed E-state index contributed by atoms with van der Waals surface area (Å²) >= 11 is 0. The molecule has 1 unspecified atom stereocenters. The first-order chi connectivity index (χ1) is 12.5. The summed E-state index contributed by atoms with van der Waals surface area (Å²) in [5.41, 5.74) is 4.94. The zero-order valence-corrected chi connectivity index (χ0v) is 15.1. The van der Waals surface area contributed by atoms with Crippen LogP contribution in [-0.4, -0.2) is 15.9 Å². The van der Waals surface area contributed by atoms with Gasteiger partial charge in [-0.15, -0.1) is 0 Å². The highest BCUT2D eigenvalue weighted by atomic mass is 16.5. The maximum atomic E-state index is 12.4. The van der Waals surface area contributed by atoms with E-state index in [1.807, 2.05) is 50.2 Å². The van der Waals surface area contributed by atoms with Crippen LogP contribution in [0.15, 0.2) is 40.9 Å². The van der Waals surface area contributed by atoms with E-state index < -0.39 is 0 Å². The van der Waals surface area contributed by atoms with Crippen molar-refractivity contribution >= 4 is 5.78 Å². The molecule has 0 bridgehead atoms. The summed E-state index contributed by atoms with van der Waals surface area (Å²) in [5, 5.41) is 4.04. The van der Waals surface area contributed by atoms with Crippen molar-refractivity contribution in [3.8, 4) is 17.1 Å². The molecular weight excluding hydrogens is 328 g/mol. The number of hydrogen-bond donors (Lipinski definition) is 0. The predicted octanol–water partition coefficient (Wildman–Crippen LogP) is 4.62. The Labute approximate surface area is 152 Å². The Bertz CT molecular complexity index is 991. The van der Waals surface area contributed by atoms with Gasteiger partial charge in [0.05, 0.1) is 5.56 Å². The van der Waals surface area contributed by atoms with Crippen LogP contribution in [0.25, 0.3) is 11.4 Å². The van der Waals surface area contributed by atoms with Crippen molar-refractivity contribution in [1.29, 1.82) is 0 Å². The van der Waals surface area contributed by atoms with Crippen molar-refractivity contribution in [3.63, 3.8) is 0 Å². The quantitative estimate of drug-likeness (QED) is 0.688. The Hall–Kier alpha value is -2.95. The average Bonchev–Trinajstić information content (AvgIpc) is 3.20. The number of nitrogens with zero attached hydrogens (tertiary/aromatic N) is 2. The van der Waals surface area contributed by atoms with E-state index >= 15 is 0 Å². The maximum absolute atomic E-state index is 12.4. The van der Waals surface area contributed by atoms with Crippen LogP contribution >= 0.6 is 0 Å². The standard InChI is InChI=1S/C21H20N2O3/c1-12-6-4-5-7-15(12)21-22-18(26-23-21)11-25-17-9-8-13(2)19-14(3)10-16(24)20(17)19/h4-9,14H,10-11H2,1-3H3. The smallest absolute Gasteiger partial charge is 0.264 e. The molecule has 0 spiro atoms. The first-order valence-corrected chi connectivity index (χ1v) is 8.72. The summed E-state index contributed by atoms with van der Waals surface area (Å²) in [6.45, 7) is 6.25. The second-order valence-corrected chi connectivity index (χ2v) is 6.81. The van der Waals surface area contributed by atoms with Crippen molar-refractivity contribution in [1.82, 2.24) is 10.1 Å². The summed E-state index contributed by atoms with van der Waals surface area (Å²) in [4.78, 5) is 16.8. The van der Waals surface area contributed by atoms with Gasteiger partial charge in [0, 0.05) is 12.0 Å². The van der Waals surface area contributed by atoms with Gasteiger partial charge in [-0.1, -0.05) is 42.4 Å². The van der Waals surface area contributed by atoms with Crippen molar-refractivity contribution < 1.29 is 14.1 Å². The number of carbonyl (C=O) groups excluding carboxylic acids is 1. The number of ketones is 1. The molecule has 5 heteroatoms. The van der Waals surface area contributed by atoms with Crippen molar-refractivity contribution in [2.75, 3.05) is 0 Å². The van der Waals surface area contributed by atoms with Crippen molar-refractivity contribution in [2.24, 2.45) is 0 Å².